The van der Waals surface area contributed by atoms with Crippen molar-refractivity contribution in [3.63, 3.8) is 0 Å². The van der Waals surface area contributed by atoms with Crippen molar-refractivity contribution in [1.29, 1.82) is 0 Å². The molecule has 2 heterocycles. The molecule has 1 atom stereocenters. The van der Waals surface area contributed by atoms with Crippen LogP contribution in [0, 0.1) is 13.8 Å². The first kappa shape index (κ1) is 15.6. The Hall–Kier alpha value is -2.25. The second-order valence-electron chi connectivity index (χ2n) is 5.58. The van der Waals surface area contributed by atoms with Gasteiger partial charge in [-0.15, -0.1) is 10.2 Å². The molecule has 3 aromatic rings. The molecule has 6 nitrogen and oxygen atoms in total. The fourth-order valence-electron chi connectivity index (χ4n) is 2.39. The summed E-state index contributed by atoms with van der Waals surface area (Å²) in [7, 11) is -3.62. The topological polar surface area (TPSA) is 76.4 Å². The highest BCUT2D eigenvalue weighted by atomic mass is 32.2. The second kappa shape index (κ2) is 5.75. The fraction of sp³-hybridized carbons (Fsp3) is 0.250. The number of pyridine rings is 1. The Kier molecular flexibility index (Phi) is 3.91. The van der Waals surface area contributed by atoms with Crippen LogP contribution in [0.1, 0.15) is 29.9 Å². The predicted molar refractivity (Wildman–Crippen MR) is 87.6 cm³/mol. The van der Waals surface area contributed by atoms with Crippen LogP contribution < -0.4 is 4.72 Å². The van der Waals surface area contributed by atoms with Crippen LogP contribution in [-0.2, 0) is 10.0 Å². The van der Waals surface area contributed by atoms with E-state index < -0.39 is 16.1 Å². The number of nitrogens with one attached hydrogen (secondary N) is 1. The van der Waals surface area contributed by atoms with Gasteiger partial charge < -0.3 is 0 Å². The van der Waals surface area contributed by atoms with E-state index in [0.29, 0.717) is 11.5 Å². The Bertz CT molecular complexity index is 963. The van der Waals surface area contributed by atoms with Crippen LogP contribution in [-0.4, -0.2) is 23.0 Å². The molecule has 0 aliphatic carbocycles. The van der Waals surface area contributed by atoms with Gasteiger partial charge in [0, 0.05) is 6.20 Å². The Morgan fingerprint density at radius 1 is 1.09 bits per heavy atom. The van der Waals surface area contributed by atoms with Gasteiger partial charge in [-0.05, 0) is 56.2 Å². The van der Waals surface area contributed by atoms with Crippen LogP contribution in [0.15, 0.2) is 47.5 Å². The summed E-state index contributed by atoms with van der Waals surface area (Å²) < 4.78 is 29.6. The zero-order chi connectivity index (χ0) is 16.6. The monoisotopic (exact) mass is 330 g/mol. The van der Waals surface area contributed by atoms with Crippen LogP contribution in [0.2, 0.25) is 0 Å². The highest BCUT2D eigenvalue weighted by Crippen LogP contribution is 2.18. The van der Waals surface area contributed by atoms with E-state index in [1.54, 1.807) is 29.5 Å². The molecule has 0 amide bonds. The molecule has 120 valence electrons. The molecule has 3 rings (SSSR count). The molecule has 1 aromatic carbocycles. The first-order chi connectivity index (χ1) is 10.9. The highest BCUT2D eigenvalue weighted by molar-refractivity contribution is 7.89. The number of hydrogen-bond donors (Lipinski definition) is 1. The highest BCUT2D eigenvalue weighted by Gasteiger charge is 2.22. The minimum atomic E-state index is -3.62. The maximum absolute atomic E-state index is 12.6. The molecule has 0 spiro atoms. The third-order valence-corrected chi connectivity index (χ3v) is 5.39. The van der Waals surface area contributed by atoms with Crippen LogP contribution in [0.25, 0.3) is 5.65 Å². The van der Waals surface area contributed by atoms with Crippen LogP contribution in [0.3, 0.4) is 0 Å². The molecule has 0 aliphatic rings. The quantitative estimate of drug-likeness (QED) is 0.797. The van der Waals surface area contributed by atoms with E-state index in [4.69, 9.17) is 0 Å². The Balaban J connectivity index is 1.92. The molecular weight excluding hydrogens is 312 g/mol. The van der Waals surface area contributed by atoms with Crippen molar-refractivity contribution in [2.24, 2.45) is 0 Å². The number of aryl methyl sites for hydroxylation is 2. The van der Waals surface area contributed by atoms with Gasteiger partial charge in [0.1, 0.15) is 0 Å². The Morgan fingerprint density at radius 2 is 1.87 bits per heavy atom. The molecule has 23 heavy (non-hydrogen) atoms. The van der Waals surface area contributed by atoms with Crippen molar-refractivity contribution in [2.45, 2.75) is 31.7 Å². The number of benzene rings is 1. The molecule has 2 aromatic heterocycles. The molecule has 0 saturated carbocycles. The minimum Gasteiger partial charge on any atom is -0.285 e. The lowest BCUT2D eigenvalue weighted by Gasteiger charge is -2.13. The van der Waals surface area contributed by atoms with Gasteiger partial charge in [-0.3, -0.25) is 4.40 Å². The smallest absolute Gasteiger partial charge is 0.241 e. The van der Waals surface area contributed by atoms with E-state index in [1.165, 1.54) is 0 Å². The van der Waals surface area contributed by atoms with E-state index in [9.17, 15) is 8.42 Å². The van der Waals surface area contributed by atoms with Crippen LogP contribution >= 0.6 is 0 Å². The van der Waals surface area contributed by atoms with Gasteiger partial charge in [0.25, 0.3) is 0 Å². The summed E-state index contributed by atoms with van der Waals surface area (Å²) in [5.74, 6) is 0.549. The average Bonchev–Trinajstić information content (AvgIpc) is 2.93. The Labute approximate surface area is 135 Å². The summed E-state index contributed by atoms with van der Waals surface area (Å²) in [6, 6.07) is 10.1. The van der Waals surface area contributed by atoms with Crippen LogP contribution in [0.4, 0.5) is 0 Å². The van der Waals surface area contributed by atoms with Gasteiger partial charge in [-0.1, -0.05) is 12.1 Å². The zero-order valence-electron chi connectivity index (χ0n) is 13.2. The first-order valence-corrected chi connectivity index (χ1v) is 8.76. The summed E-state index contributed by atoms with van der Waals surface area (Å²) >= 11 is 0. The molecular formula is C16H18N4O2S. The van der Waals surface area contributed by atoms with Gasteiger partial charge in [0.05, 0.1) is 10.9 Å². The standard InChI is InChI=1S/C16H18N4O2S/c1-11-7-8-14(10-12(11)2)23(21,22)19-13(3)16-18-17-15-6-4-5-9-20(15)16/h4-10,13,19H,1-3H3/t13-/m0/s1. The minimum absolute atomic E-state index is 0.251. The van der Waals surface area contributed by atoms with Crippen molar-refractivity contribution in [3.8, 4) is 0 Å². The van der Waals surface area contributed by atoms with Crippen LogP contribution in [0.5, 0.6) is 0 Å². The molecule has 0 radical (unpaired) electrons. The van der Waals surface area contributed by atoms with Gasteiger partial charge in [-0.2, -0.15) is 0 Å². The third-order valence-electron chi connectivity index (χ3n) is 3.85. The van der Waals surface area contributed by atoms with Crippen molar-refractivity contribution >= 4 is 15.7 Å². The van der Waals surface area contributed by atoms with Gasteiger partial charge in [0.15, 0.2) is 11.5 Å². The van der Waals surface area contributed by atoms with E-state index in [-0.39, 0.29) is 4.90 Å². The molecule has 1 N–H and O–H groups in total. The fourth-order valence-corrected chi connectivity index (χ4v) is 3.68. The average molecular weight is 330 g/mol. The maximum Gasteiger partial charge on any atom is 0.241 e. The summed E-state index contributed by atoms with van der Waals surface area (Å²) in [4.78, 5) is 0.251. The lowest BCUT2D eigenvalue weighted by Crippen LogP contribution is -2.28. The summed E-state index contributed by atoms with van der Waals surface area (Å²) in [5.41, 5.74) is 2.67. The van der Waals surface area contributed by atoms with E-state index >= 15 is 0 Å². The van der Waals surface area contributed by atoms with Crippen molar-refractivity contribution in [1.82, 2.24) is 19.3 Å². The predicted octanol–water partition coefficient (Wildman–Crippen LogP) is 2.39. The SMILES string of the molecule is Cc1ccc(S(=O)(=O)N[C@@H](C)c2nnc3ccccn23)cc1C. The lowest BCUT2D eigenvalue weighted by molar-refractivity contribution is 0.558. The normalized spacial score (nSPS) is 13.3. The lowest BCUT2D eigenvalue weighted by atomic mass is 10.1. The Morgan fingerprint density at radius 3 is 2.61 bits per heavy atom. The van der Waals surface area contributed by atoms with Crippen molar-refractivity contribution < 1.29 is 8.42 Å². The summed E-state index contributed by atoms with van der Waals surface area (Å²) in [5, 5.41) is 8.14. The number of sulfonamides is 1. The molecule has 0 saturated heterocycles. The van der Waals surface area contributed by atoms with Crippen molar-refractivity contribution in [3.05, 3.63) is 59.5 Å². The molecule has 0 fully saturated rings. The van der Waals surface area contributed by atoms with E-state index in [2.05, 4.69) is 14.9 Å². The zero-order valence-corrected chi connectivity index (χ0v) is 14.0. The van der Waals surface area contributed by atoms with Gasteiger partial charge in [0.2, 0.25) is 10.0 Å². The number of aromatic nitrogens is 3. The third kappa shape index (κ3) is 2.97. The molecule has 7 heteroatoms. The number of nitrogens with zero attached hydrogens (tertiary/aromatic N) is 3. The van der Waals surface area contributed by atoms with E-state index in [1.807, 2.05) is 38.2 Å². The summed E-state index contributed by atoms with van der Waals surface area (Å²) in [6.07, 6.45) is 1.81. The first-order valence-electron chi connectivity index (χ1n) is 7.28. The number of fused-ring (bicyclic) bond motifs is 1. The van der Waals surface area contributed by atoms with Gasteiger partial charge >= 0.3 is 0 Å². The van der Waals surface area contributed by atoms with Crippen molar-refractivity contribution in [2.75, 3.05) is 0 Å². The molecule has 0 aliphatic heterocycles. The second-order valence-corrected chi connectivity index (χ2v) is 7.29. The van der Waals surface area contributed by atoms with E-state index in [0.717, 1.165) is 11.1 Å². The largest absolute Gasteiger partial charge is 0.285 e. The molecule has 0 unspecified atom stereocenters. The molecule has 0 bridgehead atoms. The maximum atomic E-state index is 12.6. The van der Waals surface area contributed by atoms with Gasteiger partial charge in [-0.25, -0.2) is 13.1 Å². The number of rotatable bonds is 4. The summed E-state index contributed by atoms with van der Waals surface area (Å²) in [6.45, 7) is 5.59. The number of hydrogen-bond acceptors (Lipinski definition) is 4.